The molecule has 0 aromatic carbocycles. The monoisotopic (exact) mass is 272 g/mol. The molecule has 5 nitrogen and oxygen atoms in total. The van der Waals surface area contributed by atoms with Crippen molar-refractivity contribution in [3.8, 4) is 0 Å². The highest BCUT2D eigenvalue weighted by molar-refractivity contribution is 8.14. The van der Waals surface area contributed by atoms with Gasteiger partial charge in [-0.25, -0.2) is 8.42 Å². The third kappa shape index (κ3) is 3.92. The number of rotatable bonds is 6. The number of carbonyl (C=O) groups is 1. The van der Waals surface area contributed by atoms with Gasteiger partial charge in [-0.05, 0) is 27.2 Å². The van der Waals surface area contributed by atoms with E-state index in [1.807, 2.05) is 0 Å². The van der Waals surface area contributed by atoms with Gasteiger partial charge in [-0.2, -0.15) is 0 Å². The second-order valence-electron chi connectivity index (χ2n) is 3.92. The number of aliphatic hydroxyl groups is 1. The zero-order valence-electron chi connectivity index (χ0n) is 9.57. The Hall–Kier alpha value is -0.330. The van der Waals surface area contributed by atoms with Gasteiger partial charge < -0.3 is 9.84 Å². The van der Waals surface area contributed by atoms with E-state index < -0.39 is 25.7 Å². The number of carbonyl (C=O) groups excluding carboxylic acids is 1. The molecular weight excluding hydrogens is 256 g/mol. The van der Waals surface area contributed by atoms with Crippen LogP contribution in [0.1, 0.15) is 27.2 Å². The van der Waals surface area contributed by atoms with Crippen molar-refractivity contribution >= 4 is 25.7 Å². The third-order valence-corrected chi connectivity index (χ3v) is 4.49. The first kappa shape index (κ1) is 15.7. The van der Waals surface area contributed by atoms with E-state index in [0.29, 0.717) is 0 Å². The van der Waals surface area contributed by atoms with Gasteiger partial charge in [-0.1, -0.05) is 0 Å². The molecule has 0 radical (unpaired) electrons. The number of hydrogen-bond acceptors (Lipinski definition) is 5. The molecule has 0 spiro atoms. The fourth-order valence-electron chi connectivity index (χ4n) is 1.42. The largest absolute Gasteiger partial charge is 0.466 e. The summed E-state index contributed by atoms with van der Waals surface area (Å²) >= 11 is 0. The van der Waals surface area contributed by atoms with Crippen LogP contribution >= 0.6 is 10.7 Å². The predicted octanol–water partition coefficient (Wildman–Crippen LogP) is 0.895. The van der Waals surface area contributed by atoms with Crippen molar-refractivity contribution < 1.29 is 23.1 Å². The first-order valence-electron chi connectivity index (χ1n) is 4.89. The Morgan fingerprint density at radius 3 is 2.31 bits per heavy atom. The second kappa shape index (κ2) is 5.84. The number of hydrogen-bond donors (Lipinski definition) is 1. The van der Waals surface area contributed by atoms with Gasteiger partial charge in [0.15, 0.2) is 0 Å². The van der Waals surface area contributed by atoms with E-state index in [4.69, 9.17) is 20.5 Å². The molecule has 0 aliphatic rings. The molecule has 7 heteroatoms. The highest BCUT2D eigenvalue weighted by Crippen LogP contribution is 2.32. The molecule has 0 heterocycles. The molecule has 0 amide bonds. The van der Waals surface area contributed by atoms with Gasteiger partial charge in [0.2, 0.25) is 9.05 Å². The molecule has 96 valence electrons. The molecular formula is C9H17ClO5S. The average molecular weight is 273 g/mol. The molecule has 0 saturated heterocycles. The summed E-state index contributed by atoms with van der Waals surface area (Å²) in [7, 11) is 1.32. The minimum atomic E-state index is -3.94. The first-order chi connectivity index (χ1) is 7.17. The molecule has 0 aromatic rings. The zero-order valence-corrected chi connectivity index (χ0v) is 11.1. The predicted molar refractivity (Wildman–Crippen MR) is 60.7 cm³/mol. The summed E-state index contributed by atoms with van der Waals surface area (Å²) in [5.74, 6) is -0.641. The van der Waals surface area contributed by atoms with Crippen molar-refractivity contribution in [3.63, 3.8) is 0 Å². The van der Waals surface area contributed by atoms with Crippen LogP contribution in [0.2, 0.25) is 0 Å². The zero-order chi connectivity index (χ0) is 13.0. The Morgan fingerprint density at radius 2 is 2.00 bits per heavy atom. The van der Waals surface area contributed by atoms with Crippen molar-refractivity contribution in [1.82, 2.24) is 0 Å². The molecule has 0 rings (SSSR count). The minimum Gasteiger partial charge on any atom is -0.466 e. The second-order valence-corrected chi connectivity index (χ2v) is 6.73. The van der Waals surface area contributed by atoms with E-state index in [1.165, 1.54) is 13.8 Å². The van der Waals surface area contributed by atoms with Crippen molar-refractivity contribution in [2.24, 2.45) is 5.41 Å². The highest BCUT2D eigenvalue weighted by atomic mass is 35.7. The molecule has 1 unspecified atom stereocenters. The van der Waals surface area contributed by atoms with Crippen LogP contribution in [0.3, 0.4) is 0 Å². The minimum absolute atomic E-state index is 0.0996. The van der Waals surface area contributed by atoms with Crippen LogP contribution in [0.15, 0.2) is 0 Å². The van der Waals surface area contributed by atoms with Crippen molar-refractivity contribution in [1.29, 1.82) is 0 Å². The lowest BCUT2D eigenvalue weighted by molar-refractivity contribution is -0.153. The summed E-state index contributed by atoms with van der Waals surface area (Å²) in [6.45, 7) is 4.30. The molecule has 0 aliphatic heterocycles. The van der Waals surface area contributed by atoms with Crippen molar-refractivity contribution in [2.75, 3.05) is 13.2 Å². The average Bonchev–Trinajstić information content (AvgIpc) is 2.12. The maximum Gasteiger partial charge on any atom is 0.312 e. The smallest absolute Gasteiger partial charge is 0.312 e. The summed E-state index contributed by atoms with van der Waals surface area (Å²) in [4.78, 5) is 11.6. The quantitative estimate of drug-likeness (QED) is 0.574. The van der Waals surface area contributed by atoms with Gasteiger partial charge in [0, 0.05) is 17.3 Å². The summed E-state index contributed by atoms with van der Waals surface area (Å²) in [6, 6.07) is 0. The van der Waals surface area contributed by atoms with Gasteiger partial charge in [-0.3, -0.25) is 4.79 Å². The lowest BCUT2D eigenvalue weighted by atomic mass is 9.87. The van der Waals surface area contributed by atoms with Crippen LogP contribution in [-0.4, -0.2) is 38.0 Å². The van der Waals surface area contributed by atoms with Gasteiger partial charge >= 0.3 is 5.97 Å². The van der Waals surface area contributed by atoms with Gasteiger partial charge in [0.1, 0.15) is 0 Å². The van der Waals surface area contributed by atoms with Crippen molar-refractivity contribution in [3.05, 3.63) is 0 Å². The molecule has 0 bridgehead atoms. The Balaban J connectivity index is 5.12. The number of esters is 1. The Bertz CT molecular complexity index is 336. The molecule has 1 atom stereocenters. The van der Waals surface area contributed by atoms with E-state index in [2.05, 4.69) is 0 Å². The third-order valence-electron chi connectivity index (χ3n) is 2.34. The van der Waals surface area contributed by atoms with E-state index in [-0.39, 0.29) is 19.6 Å². The van der Waals surface area contributed by atoms with Gasteiger partial charge in [0.25, 0.3) is 0 Å². The lowest BCUT2D eigenvalue weighted by Gasteiger charge is -2.29. The van der Waals surface area contributed by atoms with E-state index in [1.54, 1.807) is 6.92 Å². The lowest BCUT2D eigenvalue weighted by Crippen LogP contribution is -2.42. The number of aliphatic hydroxyl groups excluding tert-OH is 1. The summed E-state index contributed by atoms with van der Waals surface area (Å²) in [6.07, 6.45) is -0.0996. The molecule has 0 aliphatic carbocycles. The molecule has 0 aromatic heterocycles. The highest BCUT2D eigenvalue weighted by Gasteiger charge is 2.44. The SMILES string of the molecule is CCOC(=O)C(C)(C)C(CCO)S(=O)(=O)Cl. The molecule has 0 saturated carbocycles. The van der Waals surface area contributed by atoms with Crippen LogP contribution in [0, 0.1) is 5.41 Å². The summed E-state index contributed by atoms with van der Waals surface area (Å²) < 4.78 is 27.4. The number of halogens is 1. The Labute approximate surface area is 100 Å². The summed E-state index contributed by atoms with van der Waals surface area (Å²) in [5.41, 5.74) is -1.28. The van der Waals surface area contributed by atoms with Crippen LogP contribution in [0.4, 0.5) is 0 Å². The molecule has 1 N–H and O–H groups in total. The van der Waals surface area contributed by atoms with Gasteiger partial charge in [-0.15, -0.1) is 0 Å². The van der Waals surface area contributed by atoms with Crippen LogP contribution < -0.4 is 0 Å². The maximum absolute atomic E-state index is 11.6. The molecule has 0 fully saturated rings. The van der Waals surface area contributed by atoms with Gasteiger partial charge in [0.05, 0.1) is 17.3 Å². The number of ether oxygens (including phenoxy) is 1. The fraction of sp³-hybridized carbons (Fsp3) is 0.889. The fourth-order valence-corrected chi connectivity index (χ4v) is 3.54. The van der Waals surface area contributed by atoms with E-state index in [0.717, 1.165) is 0 Å². The molecule has 16 heavy (non-hydrogen) atoms. The van der Waals surface area contributed by atoms with Crippen LogP contribution in [-0.2, 0) is 18.6 Å². The summed E-state index contributed by atoms with van der Waals surface area (Å²) in [5, 5.41) is 7.64. The van der Waals surface area contributed by atoms with Crippen LogP contribution in [0.5, 0.6) is 0 Å². The van der Waals surface area contributed by atoms with E-state index in [9.17, 15) is 13.2 Å². The normalized spacial score (nSPS) is 14.6. The van der Waals surface area contributed by atoms with E-state index >= 15 is 0 Å². The Morgan fingerprint density at radius 1 is 1.50 bits per heavy atom. The van der Waals surface area contributed by atoms with Crippen LogP contribution in [0.25, 0.3) is 0 Å². The first-order valence-corrected chi connectivity index (χ1v) is 7.26. The standard InChI is InChI=1S/C9H17ClO5S/c1-4-15-8(12)9(2,3)7(5-6-11)16(10,13)14/h7,11H,4-6H2,1-3H3. The maximum atomic E-state index is 11.6. The topological polar surface area (TPSA) is 80.7 Å². The Kier molecular flexibility index (Phi) is 5.72. The van der Waals surface area contributed by atoms with Crippen molar-refractivity contribution in [2.45, 2.75) is 32.4 Å².